The number of likely N-dealkylation sites (N-methyl/N-ethyl adjacent to an activating group) is 1. The number of hydrogen-bond donors (Lipinski definition) is 2. The number of nitrogens with zero attached hydrogens (tertiary/aromatic N) is 1. The van der Waals surface area contributed by atoms with E-state index < -0.39 is 31.4 Å². The molecule has 2 N–H and O–H groups in total. The third kappa shape index (κ3) is 5.66. The molecular formula is C9H17N3O3. The van der Waals surface area contributed by atoms with Gasteiger partial charge in [-0.1, -0.05) is 6.92 Å². The van der Waals surface area contributed by atoms with Crippen molar-refractivity contribution in [2.75, 3.05) is 20.1 Å². The Morgan fingerprint density at radius 3 is 2.67 bits per heavy atom. The molecule has 0 atom stereocenters. The summed E-state index contributed by atoms with van der Waals surface area (Å²) in [7, 11) is 0. The molecule has 86 valence electrons. The summed E-state index contributed by atoms with van der Waals surface area (Å²) in [6.45, 7) is -0.0598. The molecule has 0 aromatic carbocycles. The first kappa shape index (κ1) is 8.70. The highest BCUT2D eigenvalue weighted by Gasteiger charge is 2.11. The van der Waals surface area contributed by atoms with Gasteiger partial charge in [0.1, 0.15) is 6.54 Å². The first-order chi connectivity index (χ1) is 8.22. The molecule has 0 heterocycles. The fourth-order valence-electron chi connectivity index (χ4n) is 0.703. The van der Waals surface area contributed by atoms with Crippen LogP contribution in [0.4, 0.5) is 0 Å². The molecule has 0 rings (SSSR count). The van der Waals surface area contributed by atoms with E-state index in [0.29, 0.717) is 4.90 Å². The predicted molar refractivity (Wildman–Crippen MR) is 55.4 cm³/mol. The maximum Gasteiger partial charge on any atom is 0.325 e. The predicted octanol–water partition coefficient (Wildman–Crippen LogP) is -0.0577. The third-order valence-electron chi connectivity index (χ3n) is 1.44. The lowest BCUT2D eigenvalue weighted by molar-refractivity contribution is -0.143. The van der Waals surface area contributed by atoms with Gasteiger partial charge >= 0.3 is 5.97 Å². The molecule has 0 radical (unpaired) electrons. The van der Waals surface area contributed by atoms with Gasteiger partial charge in [-0.25, -0.2) is 0 Å². The summed E-state index contributed by atoms with van der Waals surface area (Å²) in [5, 5.41) is 9.57. The number of carbonyl (C=O) groups is 2. The highest BCUT2D eigenvalue weighted by Crippen LogP contribution is 1.87. The quantitative estimate of drug-likeness (QED) is 0.393. The molecule has 6 heteroatoms. The average Bonchev–Trinajstić information content (AvgIpc) is 2.24. The van der Waals surface area contributed by atoms with Gasteiger partial charge in [0, 0.05) is 17.5 Å². The Hall–Kier alpha value is -1.59. The number of amides is 1. The second-order valence-corrected chi connectivity index (χ2v) is 2.64. The number of ether oxygens (including phenoxy) is 1. The van der Waals surface area contributed by atoms with Crippen LogP contribution in [0.1, 0.15) is 24.4 Å². The van der Waals surface area contributed by atoms with Crippen molar-refractivity contribution >= 4 is 17.8 Å². The van der Waals surface area contributed by atoms with Crippen molar-refractivity contribution in [3.05, 3.63) is 0 Å². The Balaban J connectivity index is 4.74. The maximum atomic E-state index is 11.2. The number of nitrogens with one attached hydrogen (secondary N) is 2. The van der Waals surface area contributed by atoms with Crippen LogP contribution in [0.15, 0.2) is 0 Å². The molecule has 0 fully saturated rings. The monoisotopic (exact) mass is 218 g/mol. The highest BCUT2D eigenvalue weighted by atomic mass is 16.5. The molecule has 15 heavy (non-hydrogen) atoms. The third-order valence-corrected chi connectivity index (χ3v) is 1.44. The number of esters is 1. The van der Waals surface area contributed by atoms with E-state index in [9.17, 15) is 9.59 Å². The molecule has 6 nitrogen and oxygen atoms in total. The van der Waals surface area contributed by atoms with Gasteiger partial charge in [0.2, 0.25) is 5.91 Å². The van der Waals surface area contributed by atoms with Gasteiger partial charge in [0.15, 0.2) is 5.96 Å². The van der Waals surface area contributed by atoms with E-state index in [2.05, 4.69) is 10.1 Å². The fourth-order valence-corrected chi connectivity index (χ4v) is 0.703. The van der Waals surface area contributed by atoms with E-state index in [1.807, 2.05) is 0 Å². The molecule has 0 aliphatic rings. The van der Waals surface area contributed by atoms with E-state index in [1.165, 1.54) is 0 Å². The van der Waals surface area contributed by atoms with Gasteiger partial charge in [0.25, 0.3) is 0 Å². The SMILES string of the molecule is [2H]C([2H])([2H])N(CC(=O)OCC)C(=N)NC(=O)CC. The van der Waals surface area contributed by atoms with Crippen LogP contribution in [-0.2, 0) is 14.3 Å². The maximum absolute atomic E-state index is 11.2. The molecule has 0 aromatic heterocycles. The summed E-state index contributed by atoms with van der Waals surface area (Å²) in [5.41, 5.74) is 0. The van der Waals surface area contributed by atoms with Crippen molar-refractivity contribution < 1.29 is 18.4 Å². The summed E-state index contributed by atoms with van der Waals surface area (Å²) in [5.74, 6) is -1.92. The van der Waals surface area contributed by atoms with Gasteiger partial charge in [0.05, 0.1) is 6.61 Å². The Morgan fingerprint density at radius 1 is 1.53 bits per heavy atom. The van der Waals surface area contributed by atoms with Crippen LogP contribution < -0.4 is 5.32 Å². The summed E-state index contributed by atoms with van der Waals surface area (Å²) in [6, 6.07) is 0. The molecular weight excluding hydrogens is 198 g/mol. The van der Waals surface area contributed by atoms with Gasteiger partial charge < -0.3 is 9.64 Å². The minimum Gasteiger partial charge on any atom is -0.465 e. The lowest BCUT2D eigenvalue weighted by atomic mass is 10.4. The van der Waals surface area contributed by atoms with Crippen molar-refractivity contribution in [2.45, 2.75) is 20.3 Å². The minimum absolute atomic E-state index is 0.108. The molecule has 0 spiro atoms. The second kappa shape index (κ2) is 6.80. The molecule has 0 saturated carbocycles. The summed E-state index contributed by atoms with van der Waals surface area (Å²) in [6.07, 6.45) is 0.108. The largest absolute Gasteiger partial charge is 0.465 e. The number of rotatable bonds is 4. The highest BCUT2D eigenvalue weighted by molar-refractivity contribution is 5.96. The molecule has 0 bridgehead atoms. The zero-order chi connectivity index (χ0) is 14.3. The first-order valence-electron chi connectivity index (χ1n) is 6.04. The van der Waals surface area contributed by atoms with Crippen molar-refractivity contribution in [1.82, 2.24) is 10.2 Å². The minimum atomic E-state index is -2.70. The summed E-state index contributed by atoms with van der Waals surface area (Å²) in [4.78, 5) is 22.8. The Kier molecular flexibility index (Phi) is 3.94. The van der Waals surface area contributed by atoms with Crippen molar-refractivity contribution in [3.8, 4) is 0 Å². The summed E-state index contributed by atoms with van der Waals surface area (Å²) >= 11 is 0. The van der Waals surface area contributed by atoms with Crippen LogP contribution >= 0.6 is 0 Å². The number of guanidine groups is 1. The smallest absolute Gasteiger partial charge is 0.325 e. The molecule has 0 aliphatic heterocycles. The van der Waals surface area contributed by atoms with Crippen molar-refractivity contribution in [2.24, 2.45) is 0 Å². The average molecular weight is 218 g/mol. The molecule has 0 aromatic rings. The van der Waals surface area contributed by atoms with Crippen LogP contribution in [0.2, 0.25) is 0 Å². The molecule has 0 saturated heterocycles. The van der Waals surface area contributed by atoms with Crippen LogP contribution in [0.3, 0.4) is 0 Å². The van der Waals surface area contributed by atoms with Gasteiger partial charge in [-0.3, -0.25) is 20.3 Å². The zero-order valence-electron chi connectivity index (χ0n) is 11.8. The second-order valence-electron chi connectivity index (χ2n) is 2.64. The molecule has 0 aliphatic carbocycles. The number of hydrogen-bond acceptors (Lipinski definition) is 4. The van der Waals surface area contributed by atoms with E-state index in [-0.39, 0.29) is 13.0 Å². The standard InChI is InChI=1S/C9H17N3O3/c1-4-7(13)11-9(10)12(3)6-8(14)15-5-2/h4-6H2,1-3H3,(H2,10,11,13)/i3D3. The van der Waals surface area contributed by atoms with Crippen molar-refractivity contribution in [3.63, 3.8) is 0 Å². The van der Waals surface area contributed by atoms with Crippen LogP contribution in [0.25, 0.3) is 0 Å². The van der Waals surface area contributed by atoms with Crippen molar-refractivity contribution in [1.29, 1.82) is 5.41 Å². The molecule has 1 amide bonds. The Bertz CT molecular complexity index is 331. The Morgan fingerprint density at radius 2 is 2.20 bits per heavy atom. The van der Waals surface area contributed by atoms with Gasteiger partial charge in [-0.15, -0.1) is 0 Å². The number of carbonyl (C=O) groups excluding carboxylic acids is 2. The first-order valence-corrected chi connectivity index (χ1v) is 4.54. The van der Waals surface area contributed by atoms with Gasteiger partial charge in [-0.05, 0) is 6.92 Å². The lowest BCUT2D eigenvalue weighted by Crippen LogP contribution is -2.43. The fraction of sp³-hybridized carbons (Fsp3) is 0.667. The zero-order valence-corrected chi connectivity index (χ0v) is 8.79. The molecule has 0 unspecified atom stereocenters. The van der Waals surface area contributed by atoms with Crippen LogP contribution in [-0.4, -0.2) is 42.9 Å². The summed E-state index contributed by atoms with van der Waals surface area (Å²) < 4.78 is 26.2. The lowest BCUT2D eigenvalue weighted by Gasteiger charge is -2.18. The van der Waals surface area contributed by atoms with E-state index in [0.717, 1.165) is 0 Å². The topological polar surface area (TPSA) is 82.5 Å². The van der Waals surface area contributed by atoms with E-state index >= 15 is 0 Å². The van der Waals surface area contributed by atoms with Crippen LogP contribution in [0, 0.1) is 5.41 Å². The van der Waals surface area contributed by atoms with Gasteiger partial charge in [-0.2, -0.15) is 0 Å². The van der Waals surface area contributed by atoms with Crippen LogP contribution in [0.5, 0.6) is 0 Å². The normalized spacial score (nSPS) is 13.1. The Labute approximate surface area is 93.3 Å². The van der Waals surface area contributed by atoms with E-state index in [4.69, 9.17) is 9.52 Å². The van der Waals surface area contributed by atoms with E-state index in [1.54, 1.807) is 13.8 Å².